The average Bonchev–Trinajstić information content (AvgIpc) is 3.38. The van der Waals surface area contributed by atoms with E-state index in [-0.39, 0.29) is 17.9 Å². The largest absolute Gasteiger partial charge is 0.361 e. The molecule has 1 aliphatic rings. The van der Waals surface area contributed by atoms with Crippen LogP contribution in [-0.2, 0) is 6.42 Å². The van der Waals surface area contributed by atoms with Gasteiger partial charge in [-0.05, 0) is 63.1 Å². The lowest BCUT2D eigenvalue weighted by molar-refractivity contribution is 0.235. The minimum atomic E-state index is -0.262. The summed E-state index contributed by atoms with van der Waals surface area (Å²) in [4.78, 5) is 12.2. The molecule has 6 heteroatoms. The highest BCUT2D eigenvalue weighted by atomic mass is 19.1. The summed E-state index contributed by atoms with van der Waals surface area (Å²) in [6.07, 6.45) is 3.83. The van der Waals surface area contributed by atoms with E-state index in [9.17, 15) is 9.18 Å². The lowest BCUT2D eigenvalue weighted by atomic mass is 10.0. The molecule has 0 unspecified atom stereocenters. The number of urea groups is 1. The predicted octanol–water partition coefficient (Wildman–Crippen LogP) is 3.81. The van der Waals surface area contributed by atoms with Gasteiger partial charge in [0.1, 0.15) is 11.6 Å². The van der Waals surface area contributed by atoms with E-state index in [1.54, 1.807) is 12.1 Å². The second-order valence-electron chi connectivity index (χ2n) is 6.67. The molecule has 2 amide bonds. The number of carbonyl (C=O) groups excluding carboxylic acids is 1. The van der Waals surface area contributed by atoms with Crippen LogP contribution >= 0.6 is 0 Å². The Kier molecular flexibility index (Phi) is 5.36. The fourth-order valence-corrected chi connectivity index (χ4v) is 3.09. The third-order valence-corrected chi connectivity index (χ3v) is 4.68. The number of nitrogens with zero attached hydrogens (tertiary/aromatic N) is 1. The van der Waals surface area contributed by atoms with Gasteiger partial charge in [0.2, 0.25) is 0 Å². The van der Waals surface area contributed by atoms with Crippen LogP contribution in [0.4, 0.5) is 9.18 Å². The summed E-state index contributed by atoms with van der Waals surface area (Å²) < 4.78 is 18.2. The molecule has 1 aliphatic carbocycles. The Morgan fingerprint density at radius 1 is 1.32 bits per heavy atom. The first-order valence-corrected chi connectivity index (χ1v) is 8.76. The normalized spacial score (nSPS) is 15.0. The number of rotatable bonds is 7. The second kappa shape index (κ2) is 7.68. The second-order valence-corrected chi connectivity index (χ2v) is 6.67. The Balaban J connectivity index is 1.47. The first-order valence-electron chi connectivity index (χ1n) is 8.76. The zero-order valence-corrected chi connectivity index (χ0v) is 14.6. The fraction of sp³-hybridized carbons (Fsp3) is 0.474. The van der Waals surface area contributed by atoms with E-state index < -0.39 is 0 Å². The molecule has 1 saturated carbocycles. The van der Waals surface area contributed by atoms with E-state index in [0.717, 1.165) is 48.3 Å². The smallest absolute Gasteiger partial charge is 0.315 e. The molecule has 134 valence electrons. The van der Waals surface area contributed by atoms with Gasteiger partial charge in [-0.25, -0.2) is 9.18 Å². The molecular weight excluding hydrogens is 321 g/mol. The van der Waals surface area contributed by atoms with E-state index >= 15 is 0 Å². The number of aromatic nitrogens is 1. The van der Waals surface area contributed by atoms with Crippen molar-refractivity contribution in [3.63, 3.8) is 0 Å². The molecular formula is C19H24FN3O2. The number of carbonyl (C=O) groups is 1. The van der Waals surface area contributed by atoms with E-state index in [1.165, 1.54) is 12.1 Å². The molecule has 0 radical (unpaired) electrons. The van der Waals surface area contributed by atoms with Crippen molar-refractivity contribution in [1.82, 2.24) is 15.8 Å². The van der Waals surface area contributed by atoms with Crippen LogP contribution in [0.5, 0.6) is 0 Å². The maximum atomic E-state index is 13.1. The highest BCUT2D eigenvalue weighted by Gasteiger charge is 2.33. The van der Waals surface area contributed by atoms with Gasteiger partial charge in [0.15, 0.2) is 0 Å². The summed E-state index contributed by atoms with van der Waals surface area (Å²) in [7, 11) is 0. The van der Waals surface area contributed by atoms with Gasteiger partial charge in [0.05, 0.1) is 11.7 Å². The van der Waals surface area contributed by atoms with Crippen LogP contribution in [0.3, 0.4) is 0 Å². The van der Waals surface area contributed by atoms with E-state index in [2.05, 4.69) is 15.8 Å². The number of nitrogens with one attached hydrogen (secondary N) is 2. The average molecular weight is 345 g/mol. The highest BCUT2D eigenvalue weighted by Crippen LogP contribution is 2.40. The summed E-state index contributed by atoms with van der Waals surface area (Å²) in [6.45, 7) is 4.41. The van der Waals surface area contributed by atoms with Crippen LogP contribution in [0.2, 0.25) is 0 Å². The molecule has 1 aromatic heterocycles. The minimum Gasteiger partial charge on any atom is -0.361 e. The number of hydrogen-bond donors (Lipinski definition) is 2. The maximum Gasteiger partial charge on any atom is 0.315 e. The van der Waals surface area contributed by atoms with Crippen molar-refractivity contribution in [2.75, 3.05) is 6.54 Å². The van der Waals surface area contributed by atoms with Crippen LogP contribution in [0.1, 0.15) is 47.9 Å². The molecule has 0 saturated heterocycles. The van der Waals surface area contributed by atoms with Crippen molar-refractivity contribution in [2.24, 2.45) is 5.92 Å². The van der Waals surface area contributed by atoms with E-state index in [0.29, 0.717) is 12.5 Å². The standard InChI is InChI=1S/C19H24FN3O2/c1-12-17(13(2)25-23-12)4-3-11-21-19(24)22-18(14-5-6-14)15-7-9-16(20)10-8-15/h7-10,14,18H,3-6,11H2,1-2H3,(H2,21,22,24)/t18-/m0/s1. The molecule has 5 nitrogen and oxygen atoms in total. The zero-order valence-electron chi connectivity index (χ0n) is 14.6. The molecule has 2 aromatic rings. The summed E-state index contributed by atoms with van der Waals surface area (Å²) in [6, 6.07) is 6.14. The first-order chi connectivity index (χ1) is 12.0. The molecule has 25 heavy (non-hydrogen) atoms. The summed E-state index contributed by atoms with van der Waals surface area (Å²) in [5, 5.41) is 9.87. The van der Waals surface area contributed by atoms with Crippen LogP contribution in [0.15, 0.2) is 28.8 Å². The van der Waals surface area contributed by atoms with Crippen LogP contribution < -0.4 is 10.6 Å². The van der Waals surface area contributed by atoms with Crippen LogP contribution in [-0.4, -0.2) is 17.7 Å². The van der Waals surface area contributed by atoms with Crippen molar-refractivity contribution in [3.8, 4) is 0 Å². The Labute approximate surface area is 147 Å². The number of aryl methyl sites for hydroxylation is 2. The van der Waals surface area contributed by atoms with Gasteiger partial charge in [-0.2, -0.15) is 0 Å². The molecule has 1 aromatic carbocycles. The fourth-order valence-electron chi connectivity index (χ4n) is 3.09. The minimum absolute atomic E-state index is 0.0526. The number of hydrogen-bond acceptors (Lipinski definition) is 3. The molecule has 1 heterocycles. The van der Waals surface area contributed by atoms with Crippen molar-refractivity contribution in [2.45, 2.75) is 45.6 Å². The van der Waals surface area contributed by atoms with Gasteiger partial charge in [0.25, 0.3) is 0 Å². The third kappa shape index (κ3) is 4.59. The van der Waals surface area contributed by atoms with E-state index in [1.807, 2.05) is 13.8 Å². The number of amides is 2. The molecule has 2 N–H and O–H groups in total. The number of benzene rings is 1. The Bertz CT molecular complexity index is 703. The van der Waals surface area contributed by atoms with Crippen LogP contribution in [0, 0.1) is 25.6 Å². The molecule has 0 spiro atoms. The molecule has 0 bridgehead atoms. The van der Waals surface area contributed by atoms with Gasteiger partial charge in [-0.15, -0.1) is 0 Å². The van der Waals surface area contributed by atoms with Gasteiger partial charge in [0, 0.05) is 12.1 Å². The summed E-state index contributed by atoms with van der Waals surface area (Å²) in [5.74, 6) is 1.02. The predicted molar refractivity (Wildman–Crippen MR) is 92.7 cm³/mol. The quantitative estimate of drug-likeness (QED) is 0.750. The SMILES string of the molecule is Cc1noc(C)c1CCCNC(=O)N[C@H](c1ccc(F)cc1)C1CC1. The van der Waals surface area contributed by atoms with Gasteiger partial charge >= 0.3 is 6.03 Å². The lowest BCUT2D eigenvalue weighted by Crippen LogP contribution is -2.39. The van der Waals surface area contributed by atoms with Crippen molar-refractivity contribution < 1.29 is 13.7 Å². The highest BCUT2D eigenvalue weighted by molar-refractivity contribution is 5.74. The van der Waals surface area contributed by atoms with Gasteiger partial charge < -0.3 is 15.2 Å². The Morgan fingerprint density at radius 2 is 2.04 bits per heavy atom. The summed E-state index contributed by atoms with van der Waals surface area (Å²) in [5.41, 5.74) is 2.98. The topological polar surface area (TPSA) is 67.2 Å². The number of halogens is 1. The summed E-state index contributed by atoms with van der Waals surface area (Å²) >= 11 is 0. The van der Waals surface area contributed by atoms with Crippen molar-refractivity contribution >= 4 is 6.03 Å². The molecule has 1 atom stereocenters. The van der Waals surface area contributed by atoms with Gasteiger partial charge in [-0.1, -0.05) is 17.3 Å². The molecule has 1 fully saturated rings. The van der Waals surface area contributed by atoms with Gasteiger partial charge in [-0.3, -0.25) is 0 Å². The van der Waals surface area contributed by atoms with Crippen LogP contribution in [0.25, 0.3) is 0 Å². The van der Waals surface area contributed by atoms with Crippen molar-refractivity contribution in [3.05, 3.63) is 52.7 Å². The monoisotopic (exact) mass is 345 g/mol. The first kappa shape index (κ1) is 17.5. The van der Waals surface area contributed by atoms with Crippen molar-refractivity contribution in [1.29, 1.82) is 0 Å². The zero-order chi connectivity index (χ0) is 17.8. The Hall–Kier alpha value is -2.37. The Morgan fingerprint density at radius 3 is 2.64 bits per heavy atom. The lowest BCUT2D eigenvalue weighted by Gasteiger charge is -2.19. The maximum absolute atomic E-state index is 13.1. The van der Waals surface area contributed by atoms with E-state index in [4.69, 9.17) is 4.52 Å². The molecule has 3 rings (SSSR count). The third-order valence-electron chi connectivity index (χ3n) is 4.68. The molecule has 0 aliphatic heterocycles.